The first kappa shape index (κ1) is 20.0. The maximum atomic E-state index is 12.5. The molecular weight excluding hydrogens is 380 g/mol. The fourth-order valence-electron chi connectivity index (χ4n) is 2.60. The molecule has 3 rings (SSSR count). The first-order valence-corrected chi connectivity index (χ1v) is 8.86. The van der Waals surface area contributed by atoms with Crippen molar-refractivity contribution < 1.29 is 23.8 Å². The van der Waals surface area contributed by atoms with Gasteiger partial charge in [0.2, 0.25) is 5.10 Å². The lowest BCUT2D eigenvalue weighted by molar-refractivity contribution is -0.672. The van der Waals surface area contributed by atoms with E-state index in [0.717, 1.165) is 0 Å². The fraction of sp³-hybridized carbons (Fsp3) is 0.333. The highest BCUT2D eigenvalue weighted by Gasteiger charge is 2.21. The SMILES string of the molecule is COc1ncc(-c2ccc3c(c2)[n+]([O-])nc(NCCC(=O)OC(C)C)[n+]3[O-])cn1. The van der Waals surface area contributed by atoms with Gasteiger partial charge in [-0.2, -0.15) is 0 Å². The summed E-state index contributed by atoms with van der Waals surface area (Å²) in [7, 11) is 1.46. The molecule has 0 spiro atoms. The maximum Gasteiger partial charge on any atom is 0.460 e. The molecule has 11 nitrogen and oxygen atoms in total. The van der Waals surface area contributed by atoms with Crippen LogP contribution in [0.4, 0.5) is 5.95 Å². The summed E-state index contributed by atoms with van der Waals surface area (Å²) in [5.41, 5.74) is 1.50. The lowest BCUT2D eigenvalue weighted by Gasteiger charge is -2.11. The van der Waals surface area contributed by atoms with Crippen LogP contribution in [0.1, 0.15) is 20.3 Å². The van der Waals surface area contributed by atoms with Gasteiger partial charge in [0.15, 0.2) is 5.52 Å². The largest absolute Gasteiger partial charge is 0.739 e. The van der Waals surface area contributed by atoms with E-state index in [9.17, 15) is 15.2 Å². The molecule has 2 heterocycles. The van der Waals surface area contributed by atoms with Crippen LogP contribution in [-0.4, -0.2) is 40.8 Å². The van der Waals surface area contributed by atoms with E-state index >= 15 is 0 Å². The molecule has 0 unspecified atom stereocenters. The molecule has 0 aliphatic heterocycles. The number of rotatable bonds is 7. The van der Waals surface area contributed by atoms with Crippen LogP contribution >= 0.6 is 0 Å². The normalized spacial score (nSPS) is 10.9. The highest BCUT2D eigenvalue weighted by atomic mass is 16.5. The molecule has 11 heteroatoms. The molecule has 2 aromatic heterocycles. The molecule has 1 N–H and O–H groups in total. The molecule has 0 saturated carbocycles. The number of benzene rings is 1. The molecule has 0 aliphatic rings. The monoisotopic (exact) mass is 400 g/mol. The number of nitrogens with zero attached hydrogens (tertiary/aromatic N) is 5. The summed E-state index contributed by atoms with van der Waals surface area (Å²) in [4.78, 5) is 20.0. The third-order valence-electron chi connectivity index (χ3n) is 3.90. The second-order valence-electron chi connectivity index (χ2n) is 6.37. The van der Waals surface area contributed by atoms with Gasteiger partial charge in [-0.15, -0.1) is 0 Å². The van der Waals surface area contributed by atoms with Crippen molar-refractivity contribution in [3.05, 3.63) is 41.0 Å². The highest BCUT2D eigenvalue weighted by molar-refractivity contribution is 5.77. The lowest BCUT2D eigenvalue weighted by Crippen LogP contribution is -2.44. The lowest BCUT2D eigenvalue weighted by atomic mass is 10.1. The van der Waals surface area contributed by atoms with Gasteiger partial charge in [0.05, 0.1) is 26.2 Å². The summed E-state index contributed by atoms with van der Waals surface area (Å²) in [6, 6.07) is 4.93. The predicted octanol–water partition coefficient (Wildman–Crippen LogP) is 0.721. The minimum atomic E-state index is -0.410. The Bertz CT molecular complexity index is 1030. The van der Waals surface area contributed by atoms with E-state index in [4.69, 9.17) is 9.47 Å². The smallest absolute Gasteiger partial charge is 0.460 e. The molecule has 152 valence electrons. The summed E-state index contributed by atoms with van der Waals surface area (Å²) in [5, 5.41) is 31.3. The van der Waals surface area contributed by atoms with Crippen molar-refractivity contribution in [2.75, 3.05) is 19.0 Å². The first-order valence-electron chi connectivity index (χ1n) is 8.86. The number of carbonyl (C=O) groups is 1. The zero-order valence-corrected chi connectivity index (χ0v) is 16.2. The Balaban J connectivity index is 1.82. The summed E-state index contributed by atoms with van der Waals surface area (Å²) in [6.45, 7) is 3.59. The zero-order valence-electron chi connectivity index (χ0n) is 16.2. The van der Waals surface area contributed by atoms with E-state index in [1.807, 2.05) is 0 Å². The molecule has 0 aliphatic carbocycles. The topological polar surface area (TPSA) is 140 Å². The van der Waals surface area contributed by atoms with Crippen molar-refractivity contribution in [2.45, 2.75) is 26.4 Å². The third-order valence-corrected chi connectivity index (χ3v) is 3.90. The number of aromatic nitrogens is 5. The predicted molar refractivity (Wildman–Crippen MR) is 102 cm³/mol. The van der Waals surface area contributed by atoms with Crippen LogP contribution in [0.25, 0.3) is 22.2 Å². The van der Waals surface area contributed by atoms with Gasteiger partial charge in [0, 0.05) is 28.9 Å². The zero-order chi connectivity index (χ0) is 21.0. The Morgan fingerprint density at radius 1 is 1.17 bits per heavy atom. The number of anilines is 1. The van der Waals surface area contributed by atoms with E-state index in [1.54, 1.807) is 32.3 Å². The van der Waals surface area contributed by atoms with E-state index < -0.39 is 5.97 Å². The summed E-state index contributed by atoms with van der Waals surface area (Å²) < 4.78 is 10.4. The van der Waals surface area contributed by atoms with Crippen LogP contribution in [0.5, 0.6) is 6.01 Å². The first-order chi connectivity index (χ1) is 13.9. The second kappa shape index (κ2) is 8.50. The molecule has 3 aromatic rings. The molecule has 0 saturated heterocycles. The number of hydrogen-bond acceptors (Lipinski definition) is 9. The van der Waals surface area contributed by atoms with Crippen LogP contribution in [-0.2, 0) is 9.53 Å². The molecular formula is C18H20N6O5. The van der Waals surface area contributed by atoms with Gasteiger partial charge in [-0.3, -0.25) is 10.1 Å². The van der Waals surface area contributed by atoms with Crippen LogP contribution in [0.3, 0.4) is 0 Å². The van der Waals surface area contributed by atoms with Gasteiger partial charge in [-0.25, -0.2) is 14.7 Å². The Kier molecular flexibility index (Phi) is 5.86. The van der Waals surface area contributed by atoms with Crippen molar-refractivity contribution in [3.63, 3.8) is 0 Å². The van der Waals surface area contributed by atoms with E-state index in [0.29, 0.717) is 20.7 Å². The maximum absolute atomic E-state index is 12.5. The second-order valence-corrected chi connectivity index (χ2v) is 6.37. The molecule has 29 heavy (non-hydrogen) atoms. The number of ether oxygens (including phenoxy) is 2. The molecule has 0 atom stereocenters. The Morgan fingerprint density at radius 3 is 2.55 bits per heavy atom. The highest BCUT2D eigenvalue weighted by Crippen LogP contribution is 2.21. The molecule has 0 amide bonds. The van der Waals surface area contributed by atoms with Gasteiger partial charge < -0.3 is 19.9 Å². The fourth-order valence-corrected chi connectivity index (χ4v) is 2.60. The number of methoxy groups -OCH3 is 1. The number of fused-ring (bicyclic) bond motifs is 1. The minimum absolute atomic E-state index is 0.0349. The molecule has 0 fully saturated rings. The number of esters is 1. The summed E-state index contributed by atoms with van der Waals surface area (Å²) in [5.74, 6) is -0.613. The molecule has 0 radical (unpaired) electrons. The van der Waals surface area contributed by atoms with E-state index in [2.05, 4.69) is 20.4 Å². The van der Waals surface area contributed by atoms with E-state index in [1.165, 1.54) is 19.2 Å². The Labute approximate surface area is 166 Å². The summed E-state index contributed by atoms with van der Waals surface area (Å²) in [6.07, 6.45) is 2.91. The number of hydrogen-bond donors (Lipinski definition) is 1. The van der Waals surface area contributed by atoms with Crippen molar-refractivity contribution >= 4 is 23.0 Å². The number of nitrogens with one attached hydrogen (secondary N) is 1. The van der Waals surface area contributed by atoms with Crippen molar-refractivity contribution in [2.24, 2.45) is 0 Å². The quantitative estimate of drug-likeness (QED) is 0.345. The van der Waals surface area contributed by atoms with Gasteiger partial charge in [-0.1, -0.05) is 6.07 Å². The van der Waals surface area contributed by atoms with Crippen molar-refractivity contribution in [1.29, 1.82) is 0 Å². The standard InChI is InChI=1S/C18H20N6O5/c1-11(2)29-16(25)6-7-19-17-22-24(27)15-8-12(4-5-14(15)23(17)26)13-9-20-18(28-3)21-10-13/h4-5,8-11H,6-7H2,1-3H3,(H,19,22). The average molecular weight is 400 g/mol. The van der Waals surface area contributed by atoms with Gasteiger partial charge in [0.25, 0.3) is 5.52 Å². The van der Waals surface area contributed by atoms with E-state index in [-0.39, 0.29) is 42.1 Å². The van der Waals surface area contributed by atoms with Crippen molar-refractivity contribution in [1.82, 2.24) is 15.1 Å². The van der Waals surface area contributed by atoms with Crippen LogP contribution in [0.15, 0.2) is 30.6 Å². The van der Waals surface area contributed by atoms with Gasteiger partial charge in [-0.05, 0) is 25.5 Å². The Morgan fingerprint density at radius 2 is 1.90 bits per heavy atom. The minimum Gasteiger partial charge on any atom is -0.739 e. The summed E-state index contributed by atoms with van der Waals surface area (Å²) >= 11 is 0. The van der Waals surface area contributed by atoms with Gasteiger partial charge in [0.1, 0.15) is 0 Å². The molecule has 0 bridgehead atoms. The van der Waals surface area contributed by atoms with Gasteiger partial charge >= 0.3 is 17.9 Å². The van der Waals surface area contributed by atoms with Crippen LogP contribution < -0.4 is 19.6 Å². The Hall–Kier alpha value is -3.76. The average Bonchev–Trinajstić information content (AvgIpc) is 2.70. The van der Waals surface area contributed by atoms with Crippen LogP contribution in [0.2, 0.25) is 0 Å². The molecule has 1 aromatic carbocycles. The van der Waals surface area contributed by atoms with Crippen molar-refractivity contribution in [3.8, 4) is 17.1 Å². The van der Waals surface area contributed by atoms with Crippen LogP contribution in [0, 0.1) is 10.4 Å². The number of carbonyl (C=O) groups excluding carboxylic acids is 1. The third kappa shape index (κ3) is 4.57.